The molecule has 4 heteroatoms. The number of nitrogens with zero attached hydrogens (tertiary/aromatic N) is 1. The Hall–Kier alpha value is -1.06. The van der Waals surface area contributed by atoms with Gasteiger partial charge in [-0.2, -0.15) is 0 Å². The molecule has 0 aromatic heterocycles. The van der Waals surface area contributed by atoms with Gasteiger partial charge in [0.05, 0.1) is 0 Å². The third kappa shape index (κ3) is 2.85. The van der Waals surface area contributed by atoms with E-state index in [4.69, 9.17) is 0 Å². The Bertz CT molecular complexity index is 311. The number of rotatable bonds is 4. The van der Waals surface area contributed by atoms with E-state index in [1.165, 1.54) is 25.7 Å². The van der Waals surface area contributed by atoms with E-state index in [-0.39, 0.29) is 18.0 Å². The standard InChI is InChI=1S/C14H24N2O2/c1-10(2)7-13-14(18)15-12(8-16(13)9-17)11-5-3-4-6-11/h9-13H,3-8H2,1-2H3,(H,15,18). The fraction of sp³-hybridized carbons (Fsp3) is 0.857. The lowest BCUT2D eigenvalue weighted by atomic mass is 9.92. The van der Waals surface area contributed by atoms with Crippen LogP contribution >= 0.6 is 0 Å². The minimum absolute atomic E-state index is 0.0407. The second kappa shape index (κ2) is 5.72. The third-order valence-corrected chi connectivity index (χ3v) is 4.24. The van der Waals surface area contributed by atoms with Crippen LogP contribution < -0.4 is 5.32 Å². The Morgan fingerprint density at radius 1 is 1.39 bits per heavy atom. The summed E-state index contributed by atoms with van der Waals surface area (Å²) in [5.74, 6) is 1.03. The number of amides is 2. The fourth-order valence-electron chi connectivity index (χ4n) is 3.26. The molecule has 2 fully saturated rings. The molecule has 18 heavy (non-hydrogen) atoms. The summed E-state index contributed by atoms with van der Waals surface area (Å²) >= 11 is 0. The molecule has 1 N–H and O–H groups in total. The molecular weight excluding hydrogens is 228 g/mol. The number of hydrogen-bond donors (Lipinski definition) is 1. The van der Waals surface area contributed by atoms with Crippen molar-refractivity contribution in [2.24, 2.45) is 11.8 Å². The van der Waals surface area contributed by atoms with Crippen molar-refractivity contribution in [1.29, 1.82) is 0 Å². The van der Waals surface area contributed by atoms with Gasteiger partial charge < -0.3 is 10.2 Å². The fourth-order valence-corrected chi connectivity index (χ4v) is 3.26. The second-order valence-electron chi connectivity index (χ2n) is 6.11. The average Bonchev–Trinajstić information content (AvgIpc) is 2.84. The molecular formula is C14H24N2O2. The Balaban J connectivity index is 2.02. The average molecular weight is 252 g/mol. The quantitative estimate of drug-likeness (QED) is 0.772. The first-order chi connectivity index (χ1) is 8.61. The summed E-state index contributed by atoms with van der Waals surface area (Å²) in [5.41, 5.74) is 0. The van der Waals surface area contributed by atoms with Crippen LogP contribution in [0.3, 0.4) is 0 Å². The maximum absolute atomic E-state index is 12.2. The molecule has 1 heterocycles. The molecule has 1 aliphatic heterocycles. The molecule has 4 nitrogen and oxygen atoms in total. The van der Waals surface area contributed by atoms with Gasteiger partial charge in [-0.3, -0.25) is 9.59 Å². The molecule has 1 saturated heterocycles. The van der Waals surface area contributed by atoms with Crippen molar-refractivity contribution in [3.63, 3.8) is 0 Å². The lowest BCUT2D eigenvalue weighted by Gasteiger charge is -2.40. The maximum Gasteiger partial charge on any atom is 0.243 e. The van der Waals surface area contributed by atoms with Crippen molar-refractivity contribution in [2.75, 3.05) is 6.54 Å². The van der Waals surface area contributed by atoms with Crippen LogP contribution in [0.5, 0.6) is 0 Å². The number of carbonyl (C=O) groups excluding carboxylic acids is 2. The summed E-state index contributed by atoms with van der Waals surface area (Å²) < 4.78 is 0. The smallest absolute Gasteiger partial charge is 0.243 e. The molecule has 0 spiro atoms. The van der Waals surface area contributed by atoms with Gasteiger partial charge in [0.15, 0.2) is 0 Å². The van der Waals surface area contributed by atoms with Crippen molar-refractivity contribution in [2.45, 2.75) is 58.0 Å². The highest BCUT2D eigenvalue weighted by atomic mass is 16.2. The highest BCUT2D eigenvalue weighted by molar-refractivity contribution is 5.85. The van der Waals surface area contributed by atoms with Crippen LogP contribution in [0.25, 0.3) is 0 Å². The first kappa shape index (κ1) is 13.4. The van der Waals surface area contributed by atoms with Gasteiger partial charge >= 0.3 is 0 Å². The first-order valence-electron chi connectivity index (χ1n) is 7.13. The summed E-state index contributed by atoms with van der Waals surface area (Å²) in [6.07, 6.45) is 6.50. The first-order valence-corrected chi connectivity index (χ1v) is 7.13. The van der Waals surface area contributed by atoms with Gasteiger partial charge in [0.25, 0.3) is 0 Å². The second-order valence-corrected chi connectivity index (χ2v) is 6.11. The SMILES string of the molecule is CC(C)CC1C(=O)NC(C2CCCC2)CN1C=O. The van der Waals surface area contributed by atoms with Crippen molar-refractivity contribution in [3.8, 4) is 0 Å². The van der Waals surface area contributed by atoms with E-state index < -0.39 is 0 Å². The summed E-state index contributed by atoms with van der Waals surface area (Å²) in [7, 11) is 0. The molecule has 2 unspecified atom stereocenters. The number of nitrogens with one attached hydrogen (secondary N) is 1. The van der Waals surface area contributed by atoms with Gasteiger partial charge in [0.1, 0.15) is 6.04 Å². The van der Waals surface area contributed by atoms with Gasteiger partial charge in [-0.25, -0.2) is 0 Å². The van der Waals surface area contributed by atoms with E-state index in [9.17, 15) is 9.59 Å². The van der Waals surface area contributed by atoms with Crippen LogP contribution in [0.1, 0.15) is 46.0 Å². The molecule has 2 atom stereocenters. The largest absolute Gasteiger partial charge is 0.350 e. The van der Waals surface area contributed by atoms with Gasteiger partial charge in [0, 0.05) is 12.6 Å². The lowest BCUT2D eigenvalue weighted by molar-refractivity contribution is -0.139. The molecule has 0 bridgehead atoms. The van der Waals surface area contributed by atoms with Crippen molar-refractivity contribution < 1.29 is 9.59 Å². The summed E-state index contributed by atoms with van der Waals surface area (Å²) in [5, 5.41) is 3.14. The zero-order valence-corrected chi connectivity index (χ0v) is 11.4. The van der Waals surface area contributed by atoms with Gasteiger partial charge in [-0.15, -0.1) is 0 Å². The molecule has 0 aromatic rings. The van der Waals surface area contributed by atoms with E-state index >= 15 is 0 Å². The highest BCUT2D eigenvalue weighted by Gasteiger charge is 2.37. The maximum atomic E-state index is 12.2. The monoisotopic (exact) mass is 252 g/mol. The molecule has 2 rings (SSSR count). The Morgan fingerprint density at radius 2 is 2.06 bits per heavy atom. The molecule has 0 radical (unpaired) electrons. The van der Waals surface area contributed by atoms with Crippen LogP contribution in [-0.4, -0.2) is 35.8 Å². The molecule has 2 amide bonds. The topological polar surface area (TPSA) is 49.4 Å². The zero-order chi connectivity index (χ0) is 13.1. The molecule has 0 aromatic carbocycles. The van der Waals surface area contributed by atoms with E-state index in [1.54, 1.807) is 4.90 Å². The van der Waals surface area contributed by atoms with Crippen LogP contribution in [0.4, 0.5) is 0 Å². The minimum atomic E-state index is -0.264. The normalized spacial score (nSPS) is 29.7. The van der Waals surface area contributed by atoms with Gasteiger partial charge in [-0.1, -0.05) is 26.7 Å². The van der Waals surface area contributed by atoms with Gasteiger partial charge in [-0.05, 0) is 31.1 Å². The van der Waals surface area contributed by atoms with Gasteiger partial charge in [0.2, 0.25) is 12.3 Å². The molecule has 1 saturated carbocycles. The predicted molar refractivity (Wildman–Crippen MR) is 69.9 cm³/mol. The molecule has 1 aliphatic carbocycles. The number of piperazine rings is 1. The summed E-state index contributed by atoms with van der Waals surface area (Å²) in [6.45, 7) is 4.86. The Labute approximate surface area is 109 Å². The predicted octanol–water partition coefficient (Wildman–Crippen LogP) is 1.55. The van der Waals surface area contributed by atoms with E-state index in [0.717, 1.165) is 12.8 Å². The zero-order valence-electron chi connectivity index (χ0n) is 11.4. The van der Waals surface area contributed by atoms with E-state index in [1.807, 2.05) is 0 Å². The Kier molecular flexibility index (Phi) is 4.25. The summed E-state index contributed by atoms with van der Waals surface area (Å²) in [6, 6.07) is -0.0891. The van der Waals surface area contributed by atoms with E-state index in [2.05, 4.69) is 19.2 Å². The molecule has 2 aliphatic rings. The van der Waals surface area contributed by atoms with Crippen LogP contribution in [-0.2, 0) is 9.59 Å². The van der Waals surface area contributed by atoms with Crippen molar-refractivity contribution in [3.05, 3.63) is 0 Å². The summed E-state index contributed by atoms with van der Waals surface area (Å²) in [4.78, 5) is 25.1. The van der Waals surface area contributed by atoms with Crippen LogP contribution in [0.15, 0.2) is 0 Å². The number of carbonyl (C=O) groups is 2. The van der Waals surface area contributed by atoms with E-state index in [0.29, 0.717) is 18.4 Å². The van der Waals surface area contributed by atoms with Crippen molar-refractivity contribution >= 4 is 12.3 Å². The Morgan fingerprint density at radius 3 is 2.61 bits per heavy atom. The molecule has 102 valence electrons. The van der Waals surface area contributed by atoms with Crippen molar-refractivity contribution in [1.82, 2.24) is 10.2 Å². The van der Waals surface area contributed by atoms with Crippen LogP contribution in [0, 0.1) is 11.8 Å². The minimum Gasteiger partial charge on any atom is -0.350 e. The highest BCUT2D eigenvalue weighted by Crippen LogP contribution is 2.30. The lowest BCUT2D eigenvalue weighted by Crippen LogP contribution is -2.61. The van der Waals surface area contributed by atoms with Crippen LogP contribution in [0.2, 0.25) is 0 Å². The third-order valence-electron chi connectivity index (χ3n) is 4.24. The number of hydrogen-bond acceptors (Lipinski definition) is 2.